The number of fused-ring (bicyclic) bond motifs is 3. The summed E-state index contributed by atoms with van der Waals surface area (Å²) in [4.78, 5) is 0. The Morgan fingerprint density at radius 1 is 0.519 bits per heavy atom. The molecule has 0 fully saturated rings. The summed E-state index contributed by atoms with van der Waals surface area (Å²) in [6, 6.07) is 36.8. The number of hydrogen-bond acceptors (Lipinski definition) is 0. The van der Waals surface area contributed by atoms with Gasteiger partial charge in [0.15, 0.2) is 0 Å². The molecule has 4 aromatic carbocycles. The molecule has 0 saturated carbocycles. The van der Waals surface area contributed by atoms with Gasteiger partial charge in [-0.15, -0.1) is 0 Å². The minimum atomic E-state index is 0.286. The maximum atomic E-state index is 2.28. The van der Waals surface area contributed by atoms with E-state index in [0.717, 1.165) is 0 Å². The quantitative estimate of drug-likeness (QED) is 0.309. The van der Waals surface area contributed by atoms with Crippen molar-refractivity contribution < 1.29 is 0 Å². The smallest absolute Gasteiger partial charge is 0.0358 e. The molecule has 0 saturated heterocycles. The van der Waals surface area contributed by atoms with Crippen molar-refractivity contribution in [2.45, 2.75) is 5.92 Å². The molecule has 0 amide bonds. The summed E-state index contributed by atoms with van der Waals surface area (Å²) in [6.45, 7) is 0. The lowest BCUT2D eigenvalue weighted by molar-refractivity contribution is 1.01. The lowest BCUT2D eigenvalue weighted by Crippen LogP contribution is -2.00. The van der Waals surface area contributed by atoms with E-state index in [-0.39, 0.29) is 5.92 Å². The van der Waals surface area contributed by atoms with E-state index in [1.807, 2.05) is 0 Å². The van der Waals surface area contributed by atoms with Crippen molar-refractivity contribution in [2.75, 3.05) is 0 Å². The molecule has 0 heterocycles. The molecule has 1 aliphatic rings. The molecule has 4 aromatic rings. The Morgan fingerprint density at radius 2 is 1.19 bits per heavy atom. The van der Waals surface area contributed by atoms with E-state index in [0.29, 0.717) is 0 Å². The first-order chi connectivity index (χ1) is 13.4. The zero-order valence-corrected chi connectivity index (χ0v) is 15.0. The highest BCUT2D eigenvalue weighted by Crippen LogP contribution is 2.49. The van der Waals surface area contributed by atoms with Crippen LogP contribution < -0.4 is 0 Å². The number of benzene rings is 4. The topological polar surface area (TPSA) is 0 Å². The predicted molar refractivity (Wildman–Crippen MR) is 115 cm³/mol. The van der Waals surface area contributed by atoms with Gasteiger partial charge in [-0.05, 0) is 38.9 Å². The van der Waals surface area contributed by atoms with E-state index in [1.54, 1.807) is 0 Å². The van der Waals surface area contributed by atoms with Crippen LogP contribution in [0.3, 0.4) is 0 Å². The Labute approximate surface area is 160 Å². The Balaban J connectivity index is 1.69. The second-order valence-electron chi connectivity index (χ2n) is 6.98. The molecule has 128 valence electrons. The second kappa shape index (κ2) is 6.74. The van der Waals surface area contributed by atoms with Gasteiger partial charge < -0.3 is 0 Å². The van der Waals surface area contributed by atoms with Crippen molar-refractivity contribution in [2.24, 2.45) is 0 Å². The van der Waals surface area contributed by atoms with Crippen molar-refractivity contribution >= 4 is 12.2 Å². The van der Waals surface area contributed by atoms with Gasteiger partial charge in [-0.25, -0.2) is 0 Å². The van der Waals surface area contributed by atoms with Gasteiger partial charge in [0.1, 0.15) is 0 Å². The summed E-state index contributed by atoms with van der Waals surface area (Å²) in [5, 5.41) is 0. The van der Waals surface area contributed by atoms with E-state index < -0.39 is 0 Å². The van der Waals surface area contributed by atoms with Crippen molar-refractivity contribution in [1.82, 2.24) is 0 Å². The van der Waals surface area contributed by atoms with Crippen LogP contribution in [0.15, 0.2) is 103 Å². The van der Waals surface area contributed by atoms with Gasteiger partial charge in [-0.2, -0.15) is 0 Å². The lowest BCUT2D eigenvalue weighted by atomic mass is 9.86. The molecule has 0 N–H and O–H groups in total. The van der Waals surface area contributed by atoms with Crippen molar-refractivity contribution in [3.63, 3.8) is 0 Å². The molecule has 0 spiro atoms. The van der Waals surface area contributed by atoms with Crippen LogP contribution in [0.5, 0.6) is 0 Å². The third kappa shape index (κ3) is 2.80. The molecule has 1 aliphatic carbocycles. The SMILES string of the molecule is C(=C\c1cccc2c1C(c1ccccc1)c1ccccc1-2)/c1ccccc1. The lowest BCUT2D eigenvalue weighted by Gasteiger charge is -2.16. The molecule has 0 bridgehead atoms. The Kier molecular flexibility index (Phi) is 3.95. The normalized spacial score (nSPS) is 14.9. The van der Waals surface area contributed by atoms with Gasteiger partial charge in [0.2, 0.25) is 0 Å². The maximum Gasteiger partial charge on any atom is 0.0358 e. The molecule has 0 radical (unpaired) electrons. The summed E-state index contributed by atoms with van der Waals surface area (Å²) < 4.78 is 0. The Hall–Kier alpha value is -3.38. The summed E-state index contributed by atoms with van der Waals surface area (Å²) >= 11 is 0. The minimum Gasteiger partial charge on any atom is -0.0622 e. The summed E-state index contributed by atoms with van der Waals surface area (Å²) in [6.07, 6.45) is 4.47. The van der Waals surface area contributed by atoms with Crippen LogP contribution in [0.1, 0.15) is 33.7 Å². The fraction of sp³-hybridized carbons (Fsp3) is 0.0370. The van der Waals surface area contributed by atoms with Crippen molar-refractivity contribution in [3.05, 3.63) is 131 Å². The fourth-order valence-corrected chi connectivity index (χ4v) is 4.18. The number of hydrogen-bond donors (Lipinski definition) is 0. The molecule has 0 heteroatoms. The van der Waals surface area contributed by atoms with Crippen molar-refractivity contribution in [3.8, 4) is 11.1 Å². The highest BCUT2D eigenvalue weighted by Gasteiger charge is 2.30. The highest BCUT2D eigenvalue weighted by molar-refractivity contribution is 5.86. The maximum absolute atomic E-state index is 2.28. The molecule has 0 aliphatic heterocycles. The molecule has 0 nitrogen and oxygen atoms in total. The summed E-state index contributed by atoms with van der Waals surface area (Å²) in [5.74, 6) is 0.286. The third-order valence-corrected chi connectivity index (χ3v) is 5.38. The molecule has 1 unspecified atom stereocenters. The largest absolute Gasteiger partial charge is 0.0622 e. The van der Waals surface area contributed by atoms with E-state index in [2.05, 4.69) is 115 Å². The van der Waals surface area contributed by atoms with Crippen LogP contribution >= 0.6 is 0 Å². The zero-order valence-electron chi connectivity index (χ0n) is 15.0. The van der Waals surface area contributed by atoms with Crippen molar-refractivity contribution in [1.29, 1.82) is 0 Å². The average molecular weight is 344 g/mol. The standard InChI is InChI=1S/C27H20/c1-3-10-20(11-4-1)18-19-22-14-9-17-25-23-15-7-8-16-24(23)26(27(22)25)21-12-5-2-6-13-21/h1-19,26H/b19-18+. The predicted octanol–water partition coefficient (Wildman–Crippen LogP) is 7.02. The monoisotopic (exact) mass is 344 g/mol. The van der Waals surface area contributed by atoms with Crippen LogP contribution in [0, 0.1) is 0 Å². The average Bonchev–Trinajstić information content (AvgIpc) is 3.09. The van der Waals surface area contributed by atoms with Crippen LogP contribution in [0.4, 0.5) is 0 Å². The van der Waals surface area contributed by atoms with Gasteiger partial charge in [-0.1, -0.05) is 115 Å². The van der Waals surface area contributed by atoms with E-state index in [1.165, 1.54) is 38.9 Å². The first-order valence-electron chi connectivity index (χ1n) is 9.42. The second-order valence-corrected chi connectivity index (χ2v) is 6.98. The van der Waals surface area contributed by atoms with E-state index >= 15 is 0 Å². The molecular formula is C27H20. The van der Waals surface area contributed by atoms with Gasteiger partial charge in [0.25, 0.3) is 0 Å². The fourth-order valence-electron chi connectivity index (χ4n) is 4.18. The van der Waals surface area contributed by atoms with Gasteiger partial charge in [0.05, 0.1) is 0 Å². The molecule has 1 atom stereocenters. The summed E-state index contributed by atoms with van der Waals surface area (Å²) in [7, 11) is 0. The molecular weight excluding hydrogens is 324 g/mol. The third-order valence-electron chi connectivity index (χ3n) is 5.38. The first kappa shape index (κ1) is 15.8. The van der Waals surface area contributed by atoms with Crippen LogP contribution in [-0.4, -0.2) is 0 Å². The van der Waals surface area contributed by atoms with Gasteiger partial charge >= 0.3 is 0 Å². The van der Waals surface area contributed by atoms with Crippen LogP contribution in [-0.2, 0) is 0 Å². The molecule has 27 heavy (non-hydrogen) atoms. The number of rotatable bonds is 3. The van der Waals surface area contributed by atoms with E-state index in [9.17, 15) is 0 Å². The minimum absolute atomic E-state index is 0.286. The van der Waals surface area contributed by atoms with E-state index in [4.69, 9.17) is 0 Å². The summed E-state index contributed by atoms with van der Waals surface area (Å²) in [5.41, 5.74) is 9.40. The molecule has 0 aromatic heterocycles. The molecule has 5 rings (SSSR count). The van der Waals surface area contributed by atoms with Crippen LogP contribution in [0.25, 0.3) is 23.3 Å². The Morgan fingerprint density at radius 3 is 2.00 bits per heavy atom. The first-order valence-corrected chi connectivity index (χ1v) is 9.42. The van der Waals surface area contributed by atoms with Crippen LogP contribution in [0.2, 0.25) is 0 Å². The zero-order chi connectivity index (χ0) is 18.1. The Bertz CT molecular complexity index is 1110. The van der Waals surface area contributed by atoms with Gasteiger partial charge in [0, 0.05) is 5.92 Å². The highest BCUT2D eigenvalue weighted by atomic mass is 14.3. The van der Waals surface area contributed by atoms with Gasteiger partial charge in [-0.3, -0.25) is 0 Å².